The molecule has 0 aliphatic carbocycles. The molecule has 2 N–H and O–H groups in total. The van der Waals surface area contributed by atoms with E-state index in [1.807, 2.05) is 29.8 Å². The number of quaternary nitrogens is 1. The molecule has 0 unspecified atom stereocenters. The van der Waals surface area contributed by atoms with Gasteiger partial charge in [0.2, 0.25) is 17.4 Å². The molecule has 0 saturated carbocycles. The van der Waals surface area contributed by atoms with Crippen molar-refractivity contribution in [3.8, 4) is 0 Å². The van der Waals surface area contributed by atoms with E-state index in [4.69, 9.17) is 4.74 Å². The third kappa shape index (κ3) is 2.89. The normalized spacial score (nSPS) is 28.7. The fourth-order valence-electron chi connectivity index (χ4n) is 4.85. The highest BCUT2D eigenvalue weighted by Gasteiger charge is 2.72. The molecule has 3 heterocycles. The number of nitrogens with zero attached hydrogens (tertiary/aromatic N) is 1. The van der Waals surface area contributed by atoms with Crippen LogP contribution in [0.2, 0.25) is 0 Å². The van der Waals surface area contributed by atoms with E-state index in [-0.39, 0.29) is 11.9 Å². The molecule has 0 radical (unpaired) electrons. The Bertz CT molecular complexity index is 946. The Morgan fingerprint density at radius 1 is 1.24 bits per heavy atom. The molecular weight excluding hydrogens is 395 g/mol. The Kier molecular flexibility index (Phi) is 5.00. The van der Waals surface area contributed by atoms with E-state index >= 15 is 0 Å². The zero-order valence-corrected chi connectivity index (χ0v) is 16.9. The van der Waals surface area contributed by atoms with Crippen molar-refractivity contribution in [2.24, 2.45) is 11.8 Å². The fraction of sp³-hybridized carbons (Fsp3) is 0.381. The van der Waals surface area contributed by atoms with Crippen LogP contribution in [0.5, 0.6) is 0 Å². The smallest absolute Gasteiger partial charge is 0.368 e. The van der Waals surface area contributed by atoms with E-state index < -0.39 is 35.1 Å². The lowest BCUT2D eigenvalue weighted by Gasteiger charge is -2.28. The highest BCUT2D eigenvalue weighted by atomic mass is 32.1. The van der Waals surface area contributed by atoms with Gasteiger partial charge in [-0.05, 0) is 42.1 Å². The van der Waals surface area contributed by atoms with Crippen LogP contribution in [0, 0.1) is 17.7 Å². The number of amides is 2. The number of ether oxygens (including phenoxy) is 1. The number of benzene rings is 1. The molecule has 4 atom stereocenters. The predicted octanol–water partition coefficient (Wildman–Crippen LogP) is 2.02. The number of rotatable bonds is 5. The first-order valence-electron chi connectivity index (χ1n) is 9.56. The van der Waals surface area contributed by atoms with Gasteiger partial charge in [-0.1, -0.05) is 13.0 Å². The minimum atomic E-state index is -1.16. The van der Waals surface area contributed by atoms with E-state index in [0.717, 1.165) is 9.78 Å². The monoisotopic (exact) mass is 417 g/mol. The van der Waals surface area contributed by atoms with Crippen molar-refractivity contribution in [1.82, 2.24) is 0 Å². The quantitative estimate of drug-likeness (QED) is 0.596. The summed E-state index contributed by atoms with van der Waals surface area (Å²) in [6.45, 7) is 1.94. The summed E-state index contributed by atoms with van der Waals surface area (Å²) in [4.78, 5) is 41.9. The van der Waals surface area contributed by atoms with Crippen molar-refractivity contribution < 1.29 is 28.8 Å². The van der Waals surface area contributed by atoms with Crippen LogP contribution < -0.4 is 10.2 Å². The number of fused-ring (bicyclic) bond motifs is 1. The number of carbonyl (C=O) groups is 3. The first-order valence-corrected chi connectivity index (χ1v) is 10.4. The number of nitrogens with two attached hydrogens (primary N) is 1. The van der Waals surface area contributed by atoms with Crippen LogP contribution in [-0.4, -0.2) is 30.4 Å². The summed E-state index contributed by atoms with van der Waals surface area (Å²) in [7, 11) is 1.31. The molecule has 2 aromatic rings. The van der Waals surface area contributed by atoms with Crippen molar-refractivity contribution in [3.05, 3.63) is 52.5 Å². The van der Waals surface area contributed by atoms with Crippen LogP contribution in [-0.2, 0) is 19.1 Å². The van der Waals surface area contributed by atoms with E-state index in [2.05, 4.69) is 0 Å². The third-order valence-corrected chi connectivity index (χ3v) is 6.93. The molecule has 1 aromatic heterocycles. The summed E-state index contributed by atoms with van der Waals surface area (Å²) >= 11 is 1.49. The van der Waals surface area contributed by atoms with Gasteiger partial charge in [0.1, 0.15) is 23.7 Å². The average Bonchev–Trinajstić information content (AvgIpc) is 3.41. The van der Waals surface area contributed by atoms with E-state index in [1.165, 1.54) is 42.7 Å². The van der Waals surface area contributed by atoms with Gasteiger partial charge in [-0.3, -0.25) is 9.59 Å². The highest BCUT2D eigenvalue weighted by Crippen LogP contribution is 2.47. The number of halogens is 1. The Hall–Kier alpha value is -2.58. The lowest BCUT2D eigenvalue weighted by molar-refractivity contribution is -0.734. The molecular formula is C21H22FN2O4S+. The number of anilines is 1. The molecule has 0 spiro atoms. The Balaban J connectivity index is 1.84. The summed E-state index contributed by atoms with van der Waals surface area (Å²) in [5.41, 5.74) is -0.847. The number of hydrogen-bond donors (Lipinski definition) is 1. The number of esters is 1. The highest BCUT2D eigenvalue weighted by molar-refractivity contribution is 7.10. The van der Waals surface area contributed by atoms with Gasteiger partial charge in [0.05, 0.1) is 17.7 Å². The molecule has 8 heteroatoms. The Morgan fingerprint density at radius 3 is 2.55 bits per heavy atom. The summed E-state index contributed by atoms with van der Waals surface area (Å²) in [5, 5.41) is 3.77. The van der Waals surface area contributed by atoms with Crippen molar-refractivity contribution in [2.75, 3.05) is 12.0 Å². The summed E-state index contributed by atoms with van der Waals surface area (Å²) in [5.74, 6) is -3.25. The largest absolute Gasteiger partial charge is 0.464 e. The van der Waals surface area contributed by atoms with Crippen molar-refractivity contribution in [1.29, 1.82) is 0 Å². The average molecular weight is 417 g/mol. The summed E-state index contributed by atoms with van der Waals surface area (Å²) in [6, 6.07) is 8.71. The van der Waals surface area contributed by atoms with Gasteiger partial charge >= 0.3 is 5.97 Å². The van der Waals surface area contributed by atoms with Crippen LogP contribution in [0.25, 0.3) is 0 Å². The lowest BCUT2D eigenvalue weighted by Crippen LogP contribution is -2.98. The minimum absolute atomic E-state index is 0.316. The number of methoxy groups -OCH3 is 1. The number of imide groups is 1. The SMILES string of the molecule is CCC[C@@]1(C(=O)OC)[NH2+][C@@H](c2cccs2)[C@H]2C(=O)N(c3ccc(F)cc3)C(=O)[C@H]21. The van der Waals surface area contributed by atoms with Gasteiger partial charge in [0.25, 0.3) is 0 Å². The van der Waals surface area contributed by atoms with Crippen molar-refractivity contribution in [3.63, 3.8) is 0 Å². The summed E-state index contributed by atoms with van der Waals surface area (Å²) in [6.07, 6.45) is 1.07. The fourth-order valence-corrected chi connectivity index (χ4v) is 5.69. The first kappa shape index (κ1) is 19.7. The van der Waals surface area contributed by atoms with E-state index in [1.54, 1.807) is 0 Å². The van der Waals surface area contributed by atoms with Gasteiger partial charge in [0, 0.05) is 6.42 Å². The van der Waals surface area contributed by atoms with Crippen molar-refractivity contribution >= 4 is 34.8 Å². The lowest BCUT2D eigenvalue weighted by atomic mass is 9.77. The van der Waals surface area contributed by atoms with Crippen LogP contribution in [0.4, 0.5) is 10.1 Å². The molecule has 2 aliphatic rings. The van der Waals surface area contributed by atoms with Gasteiger partial charge in [0.15, 0.2) is 0 Å². The second-order valence-corrected chi connectivity index (χ2v) is 8.46. The molecule has 2 aliphatic heterocycles. The maximum atomic E-state index is 13.5. The van der Waals surface area contributed by atoms with Crippen molar-refractivity contribution in [2.45, 2.75) is 31.3 Å². The molecule has 4 rings (SSSR count). The number of hydrogen-bond acceptors (Lipinski definition) is 5. The molecule has 1 aromatic carbocycles. The van der Waals surface area contributed by atoms with Gasteiger partial charge in [-0.15, -0.1) is 11.3 Å². The maximum Gasteiger partial charge on any atom is 0.368 e. The molecule has 152 valence electrons. The standard InChI is InChI=1S/C21H21FN2O4S/c1-3-10-21(20(27)28-2)16-15(17(23-21)14-5-4-11-29-14)18(25)24(19(16)26)13-8-6-12(22)7-9-13/h4-9,11,15-17,23H,3,10H2,1-2H3/p+1/t15-,16-,17-,21+/m0/s1. The maximum absolute atomic E-state index is 13.5. The van der Waals surface area contributed by atoms with E-state index in [0.29, 0.717) is 18.5 Å². The van der Waals surface area contributed by atoms with Crippen LogP contribution in [0.3, 0.4) is 0 Å². The van der Waals surface area contributed by atoms with Gasteiger partial charge in [-0.25, -0.2) is 14.1 Å². The second kappa shape index (κ2) is 7.35. The first-order chi connectivity index (χ1) is 13.9. The predicted molar refractivity (Wildman–Crippen MR) is 105 cm³/mol. The number of thiophene rings is 1. The molecule has 0 bridgehead atoms. The third-order valence-electron chi connectivity index (χ3n) is 5.96. The molecule has 2 saturated heterocycles. The Morgan fingerprint density at radius 2 is 1.97 bits per heavy atom. The topological polar surface area (TPSA) is 80.3 Å². The molecule has 2 amide bonds. The number of carbonyl (C=O) groups excluding carboxylic acids is 3. The zero-order chi connectivity index (χ0) is 20.8. The Labute approximate surface area is 171 Å². The van der Waals surface area contributed by atoms with Gasteiger partial charge in [-0.2, -0.15) is 0 Å². The molecule has 6 nitrogen and oxygen atoms in total. The molecule has 2 fully saturated rings. The second-order valence-electron chi connectivity index (χ2n) is 7.48. The zero-order valence-electron chi connectivity index (χ0n) is 16.1. The van der Waals surface area contributed by atoms with Crippen LogP contribution in [0.1, 0.15) is 30.7 Å². The van der Waals surface area contributed by atoms with Crippen LogP contribution >= 0.6 is 11.3 Å². The summed E-state index contributed by atoms with van der Waals surface area (Å²) < 4.78 is 18.5. The molecule has 29 heavy (non-hydrogen) atoms. The van der Waals surface area contributed by atoms with E-state index in [9.17, 15) is 18.8 Å². The van der Waals surface area contributed by atoms with Crippen LogP contribution in [0.15, 0.2) is 41.8 Å². The minimum Gasteiger partial charge on any atom is -0.464 e. The van der Waals surface area contributed by atoms with Gasteiger partial charge < -0.3 is 10.1 Å².